The van der Waals surface area contributed by atoms with Gasteiger partial charge < -0.3 is 16.0 Å². The van der Waals surface area contributed by atoms with Crippen molar-refractivity contribution in [3.63, 3.8) is 0 Å². The molecule has 19 heavy (non-hydrogen) atoms. The maximum absolute atomic E-state index is 12.1. The lowest BCUT2D eigenvalue weighted by atomic mass is 10.1. The first-order valence-corrected chi connectivity index (χ1v) is 6.85. The van der Waals surface area contributed by atoms with Crippen molar-refractivity contribution < 1.29 is 4.79 Å². The van der Waals surface area contributed by atoms with Gasteiger partial charge in [0.1, 0.15) is 6.04 Å². The number of nitrogens with one attached hydrogen (secondary N) is 1. The van der Waals surface area contributed by atoms with Crippen LogP contribution >= 0.6 is 0 Å². The molecule has 0 bridgehead atoms. The number of hydrogen-bond donors (Lipinski definition) is 2. The lowest BCUT2D eigenvalue weighted by Gasteiger charge is -2.30. The highest BCUT2D eigenvalue weighted by Crippen LogP contribution is 2.18. The third-order valence-electron chi connectivity index (χ3n) is 3.12. The molecule has 0 aromatic heterocycles. The molecule has 0 aliphatic heterocycles. The smallest absolute Gasteiger partial charge is 0.242 e. The van der Waals surface area contributed by atoms with Gasteiger partial charge in [0.15, 0.2) is 0 Å². The second kappa shape index (κ2) is 7.14. The number of anilines is 1. The number of amides is 1. The number of nitrogens with zero attached hydrogens (tertiary/aromatic N) is 1. The summed E-state index contributed by atoms with van der Waals surface area (Å²) in [5, 5.41) is 2.95. The number of rotatable bonds is 6. The highest BCUT2D eigenvalue weighted by atomic mass is 16.2. The van der Waals surface area contributed by atoms with Crippen LogP contribution in [0.4, 0.5) is 5.69 Å². The van der Waals surface area contributed by atoms with Gasteiger partial charge in [-0.2, -0.15) is 0 Å². The Morgan fingerprint density at radius 2 is 1.84 bits per heavy atom. The molecule has 1 rings (SSSR count). The van der Waals surface area contributed by atoms with Crippen LogP contribution in [0.15, 0.2) is 24.3 Å². The van der Waals surface area contributed by atoms with Gasteiger partial charge in [-0.05, 0) is 45.4 Å². The Balaban J connectivity index is 2.83. The van der Waals surface area contributed by atoms with E-state index in [4.69, 9.17) is 5.73 Å². The molecule has 0 spiro atoms. The zero-order valence-electron chi connectivity index (χ0n) is 12.3. The molecular weight excluding hydrogens is 238 g/mol. The molecule has 0 radical (unpaired) electrons. The third-order valence-corrected chi connectivity index (χ3v) is 3.12. The Labute approximate surface area is 116 Å². The normalized spacial score (nSPS) is 12.3. The number of likely N-dealkylation sites (N-methyl/N-ethyl adjacent to an activating group) is 1. The van der Waals surface area contributed by atoms with Gasteiger partial charge in [0.25, 0.3) is 0 Å². The number of carbonyl (C=O) groups excluding carboxylic acids is 1. The van der Waals surface area contributed by atoms with Gasteiger partial charge in [0.2, 0.25) is 5.91 Å². The van der Waals surface area contributed by atoms with Gasteiger partial charge in [0.05, 0.1) is 0 Å². The van der Waals surface area contributed by atoms with Crippen molar-refractivity contribution in [1.29, 1.82) is 0 Å². The van der Waals surface area contributed by atoms with Crippen molar-refractivity contribution >= 4 is 11.6 Å². The maximum Gasteiger partial charge on any atom is 0.242 e. The number of benzene rings is 1. The van der Waals surface area contributed by atoms with Crippen LogP contribution in [-0.4, -0.2) is 24.5 Å². The predicted molar refractivity (Wildman–Crippen MR) is 80.1 cm³/mol. The molecule has 0 aliphatic rings. The molecule has 106 valence electrons. The standard InChI is InChI=1S/C15H25N3O/c1-5-18(12(4)15(19)17-11(2)3)14-8-6-13(10-16)7-9-14/h6-9,11-12H,5,10,16H2,1-4H3,(H,17,19). The van der Waals surface area contributed by atoms with E-state index in [2.05, 4.69) is 17.1 Å². The molecule has 1 atom stereocenters. The zero-order chi connectivity index (χ0) is 14.4. The molecule has 0 aliphatic carbocycles. The van der Waals surface area contributed by atoms with Crippen LogP contribution in [0.25, 0.3) is 0 Å². The molecule has 1 aromatic rings. The van der Waals surface area contributed by atoms with E-state index in [1.54, 1.807) is 0 Å². The Hall–Kier alpha value is -1.55. The van der Waals surface area contributed by atoms with E-state index in [0.29, 0.717) is 6.54 Å². The highest BCUT2D eigenvalue weighted by Gasteiger charge is 2.20. The second-order valence-electron chi connectivity index (χ2n) is 5.00. The van der Waals surface area contributed by atoms with Crippen molar-refractivity contribution in [3.05, 3.63) is 29.8 Å². The molecule has 3 N–H and O–H groups in total. The Bertz CT molecular complexity index is 400. The summed E-state index contributed by atoms with van der Waals surface area (Å²) < 4.78 is 0. The number of hydrogen-bond acceptors (Lipinski definition) is 3. The summed E-state index contributed by atoms with van der Waals surface area (Å²) in [6.07, 6.45) is 0. The third kappa shape index (κ3) is 4.24. The lowest BCUT2D eigenvalue weighted by Crippen LogP contribution is -2.47. The summed E-state index contributed by atoms with van der Waals surface area (Å²) in [5.41, 5.74) is 7.74. The Kier molecular flexibility index (Phi) is 5.83. The molecule has 0 fully saturated rings. The summed E-state index contributed by atoms with van der Waals surface area (Å²) in [6, 6.07) is 8.02. The topological polar surface area (TPSA) is 58.4 Å². The fourth-order valence-electron chi connectivity index (χ4n) is 2.05. The molecule has 1 amide bonds. The van der Waals surface area contributed by atoms with Crippen LogP contribution < -0.4 is 16.0 Å². The van der Waals surface area contributed by atoms with Crippen molar-refractivity contribution in [3.8, 4) is 0 Å². The van der Waals surface area contributed by atoms with Gasteiger partial charge in [-0.1, -0.05) is 12.1 Å². The van der Waals surface area contributed by atoms with E-state index in [-0.39, 0.29) is 18.0 Å². The SMILES string of the molecule is CCN(c1ccc(CN)cc1)C(C)C(=O)NC(C)C. The van der Waals surface area contributed by atoms with E-state index >= 15 is 0 Å². The maximum atomic E-state index is 12.1. The summed E-state index contributed by atoms with van der Waals surface area (Å²) in [4.78, 5) is 14.2. The largest absolute Gasteiger partial charge is 0.360 e. The van der Waals surface area contributed by atoms with Crippen LogP contribution in [-0.2, 0) is 11.3 Å². The van der Waals surface area contributed by atoms with Crippen LogP contribution in [0.3, 0.4) is 0 Å². The van der Waals surface area contributed by atoms with Crippen LogP contribution in [0, 0.1) is 0 Å². The van der Waals surface area contributed by atoms with Crippen molar-refractivity contribution in [2.75, 3.05) is 11.4 Å². The molecule has 4 heteroatoms. The predicted octanol–water partition coefficient (Wildman–Crippen LogP) is 1.88. The Morgan fingerprint density at radius 3 is 2.26 bits per heavy atom. The lowest BCUT2D eigenvalue weighted by molar-refractivity contribution is -0.122. The van der Waals surface area contributed by atoms with Gasteiger partial charge in [-0.15, -0.1) is 0 Å². The average Bonchev–Trinajstić information content (AvgIpc) is 2.39. The first-order chi connectivity index (χ1) is 8.99. The average molecular weight is 263 g/mol. The van der Waals surface area contributed by atoms with Crippen LogP contribution in [0.2, 0.25) is 0 Å². The minimum Gasteiger partial charge on any atom is -0.360 e. The van der Waals surface area contributed by atoms with Crippen LogP contribution in [0.1, 0.15) is 33.3 Å². The fraction of sp³-hybridized carbons (Fsp3) is 0.533. The fourth-order valence-corrected chi connectivity index (χ4v) is 2.05. The molecule has 0 saturated carbocycles. The molecule has 4 nitrogen and oxygen atoms in total. The number of carbonyl (C=O) groups is 1. The first kappa shape index (κ1) is 15.5. The van der Waals surface area contributed by atoms with Gasteiger partial charge >= 0.3 is 0 Å². The van der Waals surface area contributed by atoms with E-state index in [9.17, 15) is 4.79 Å². The van der Waals surface area contributed by atoms with Crippen molar-refractivity contribution in [2.45, 2.75) is 46.3 Å². The summed E-state index contributed by atoms with van der Waals surface area (Å²) >= 11 is 0. The quantitative estimate of drug-likeness (QED) is 0.824. The molecule has 0 heterocycles. The monoisotopic (exact) mass is 263 g/mol. The molecular formula is C15H25N3O. The first-order valence-electron chi connectivity index (χ1n) is 6.85. The minimum atomic E-state index is -0.184. The van der Waals surface area contributed by atoms with Crippen LogP contribution in [0.5, 0.6) is 0 Å². The highest BCUT2D eigenvalue weighted by molar-refractivity contribution is 5.85. The minimum absolute atomic E-state index is 0.0553. The van der Waals surface area contributed by atoms with E-state index < -0.39 is 0 Å². The van der Waals surface area contributed by atoms with E-state index in [1.807, 2.05) is 45.0 Å². The zero-order valence-corrected chi connectivity index (χ0v) is 12.3. The van der Waals surface area contributed by atoms with Crippen molar-refractivity contribution in [1.82, 2.24) is 5.32 Å². The second-order valence-corrected chi connectivity index (χ2v) is 5.00. The summed E-state index contributed by atoms with van der Waals surface area (Å²) in [7, 11) is 0. The Morgan fingerprint density at radius 1 is 1.26 bits per heavy atom. The summed E-state index contributed by atoms with van der Waals surface area (Å²) in [5.74, 6) is 0.0553. The van der Waals surface area contributed by atoms with E-state index in [1.165, 1.54) is 0 Å². The molecule has 0 saturated heterocycles. The van der Waals surface area contributed by atoms with E-state index in [0.717, 1.165) is 17.8 Å². The summed E-state index contributed by atoms with van der Waals surface area (Å²) in [6.45, 7) is 9.24. The van der Waals surface area contributed by atoms with Crippen molar-refractivity contribution in [2.24, 2.45) is 5.73 Å². The molecule has 1 aromatic carbocycles. The van der Waals surface area contributed by atoms with Gasteiger partial charge in [0, 0.05) is 24.8 Å². The number of nitrogens with two attached hydrogens (primary N) is 1. The van der Waals surface area contributed by atoms with Gasteiger partial charge in [-0.25, -0.2) is 0 Å². The molecule has 1 unspecified atom stereocenters. The van der Waals surface area contributed by atoms with Gasteiger partial charge in [-0.3, -0.25) is 4.79 Å².